The Hall–Kier alpha value is -0.340. The van der Waals surface area contributed by atoms with Gasteiger partial charge >= 0.3 is 0 Å². The summed E-state index contributed by atoms with van der Waals surface area (Å²) >= 11 is 1.89. The van der Waals surface area contributed by atoms with E-state index in [-0.39, 0.29) is 24.0 Å². The molecule has 3 heterocycles. The van der Waals surface area contributed by atoms with Gasteiger partial charge in [-0.05, 0) is 62.1 Å². The zero-order valence-electron chi connectivity index (χ0n) is 15.2. The molecule has 25 heavy (non-hydrogen) atoms. The van der Waals surface area contributed by atoms with Gasteiger partial charge in [-0.2, -0.15) is 0 Å². The fourth-order valence-electron chi connectivity index (χ4n) is 4.66. The van der Waals surface area contributed by atoms with Gasteiger partial charge in [0.05, 0.1) is 6.04 Å². The van der Waals surface area contributed by atoms with Gasteiger partial charge in [0.1, 0.15) is 0 Å². The van der Waals surface area contributed by atoms with Crippen LogP contribution in [0.4, 0.5) is 0 Å². The fourth-order valence-corrected chi connectivity index (χ4v) is 5.53. The van der Waals surface area contributed by atoms with Crippen LogP contribution in [0.1, 0.15) is 49.4 Å². The molecule has 0 bridgehead atoms. The first kappa shape index (κ1) is 19.4. The number of nitrogens with one attached hydrogen (secondary N) is 1. The van der Waals surface area contributed by atoms with Crippen molar-refractivity contribution in [2.24, 2.45) is 10.4 Å². The van der Waals surface area contributed by atoms with Gasteiger partial charge in [-0.15, -0.1) is 35.3 Å². The Balaban J connectivity index is 0.00000182. The number of halogens is 1. The van der Waals surface area contributed by atoms with Crippen molar-refractivity contribution in [3.8, 4) is 0 Å². The Morgan fingerprint density at radius 3 is 2.60 bits per heavy atom. The van der Waals surface area contributed by atoms with Crippen LogP contribution in [0.15, 0.2) is 22.5 Å². The lowest BCUT2D eigenvalue weighted by Gasteiger charge is -2.38. The highest BCUT2D eigenvalue weighted by Gasteiger charge is 2.43. The molecule has 0 aromatic carbocycles. The van der Waals surface area contributed by atoms with Crippen molar-refractivity contribution in [2.75, 3.05) is 39.8 Å². The largest absolute Gasteiger partial charge is 0.354 e. The van der Waals surface area contributed by atoms with Gasteiger partial charge in [0, 0.05) is 31.6 Å². The first-order valence-electron chi connectivity index (χ1n) is 9.53. The molecule has 1 unspecified atom stereocenters. The minimum absolute atomic E-state index is 0. The summed E-state index contributed by atoms with van der Waals surface area (Å²) in [5, 5.41) is 5.91. The quantitative estimate of drug-likeness (QED) is 0.407. The maximum absolute atomic E-state index is 4.59. The van der Waals surface area contributed by atoms with Crippen LogP contribution in [0.5, 0.6) is 0 Å². The highest BCUT2D eigenvalue weighted by atomic mass is 127. The van der Waals surface area contributed by atoms with Crippen LogP contribution in [-0.2, 0) is 0 Å². The smallest absolute Gasteiger partial charge is 0.193 e. The summed E-state index contributed by atoms with van der Waals surface area (Å²) in [6.07, 6.45) is 8.30. The number of aliphatic imine (C=N–C) groups is 1. The van der Waals surface area contributed by atoms with Crippen LogP contribution in [-0.4, -0.2) is 55.5 Å². The van der Waals surface area contributed by atoms with E-state index in [1.807, 2.05) is 18.4 Å². The lowest BCUT2D eigenvalue weighted by molar-refractivity contribution is 0.151. The Kier molecular flexibility index (Phi) is 6.65. The van der Waals surface area contributed by atoms with Gasteiger partial charge in [0.2, 0.25) is 0 Å². The maximum Gasteiger partial charge on any atom is 0.193 e. The number of hydrogen-bond acceptors (Lipinski definition) is 3. The summed E-state index contributed by atoms with van der Waals surface area (Å²) in [7, 11) is 1.93. The predicted molar refractivity (Wildman–Crippen MR) is 117 cm³/mol. The molecule has 0 radical (unpaired) electrons. The summed E-state index contributed by atoms with van der Waals surface area (Å²) in [4.78, 5) is 11.2. The second kappa shape index (κ2) is 8.57. The van der Waals surface area contributed by atoms with Gasteiger partial charge in [-0.25, -0.2) is 0 Å². The fraction of sp³-hybridized carbons (Fsp3) is 0.737. The second-order valence-electron chi connectivity index (χ2n) is 7.73. The highest BCUT2D eigenvalue weighted by Crippen LogP contribution is 2.47. The molecule has 1 spiro atoms. The van der Waals surface area contributed by atoms with Crippen LogP contribution in [0.2, 0.25) is 0 Å². The van der Waals surface area contributed by atoms with Crippen LogP contribution < -0.4 is 5.32 Å². The summed E-state index contributed by atoms with van der Waals surface area (Å²) in [5.41, 5.74) is 0.625. The zero-order valence-corrected chi connectivity index (χ0v) is 18.4. The topological polar surface area (TPSA) is 30.9 Å². The summed E-state index contributed by atoms with van der Waals surface area (Å²) in [5.74, 6) is 1.11. The molecular weight excluding hydrogens is 443 g/mol. The molecule has 6 heteroatoms. The summed E-state index contributed by atoms with van der Waals surface area (Å²) in [6.45, 7) is 5.81. The Morgan fingerprint density at radius 1 is 1.24 bits per heavy atom. The minimum atomic E-state index is 0. The molecule has 4 nitrogen and oxygen atoms in total. The number of nitrogens with zero attached hydrogens (tertiary/aromatic N) is 3. The van der Waals surface area contributed by atoms with Crippen molar-refractivity contribution in [2.45, 2.75) is 44.6 Å². The molecule has 1 aliphatic carbocycles. The van der Waals surface area contributed by atoms with E-state index in [9.17, 15) is 0 Å². The highest BCUT2D eigenvalue weighted by molar-refractivity contribution is 14.0. The Morgan fingerprint density at radius 2 is 2.04 bits per heavy atom. The molecule has 1 saturated carbocycles. The van der Waals surface area contributed by atoms with E-state index in [1.54, 1.807) is 0 Å². The van der Waals surface area contributed by atoms with Crippen molar-refractivity contribution in [3.05, 3.63) is 22.4 Å². The molecule has 2 aliphatic heterocycles. The van der Waals surface area contributed by atoms with Crippen LogP contribution in [0.25, 0.3) is 0 Å². The van der Waals surface area contributed by atoms with Gasteiger partial charge in [0.25, 0.3) is 0 Å². The van der Waals surface area contributed by atoms with Gasteiger partial charge in [0.15, 0.2) is 5.96 Å². The van der Waals surface area contributed by atoms with Crippen LogP contribution in [0.3, 0.4) is 0 Å². The molecule has 0 amide bonds. The molecule has 3 fully saturated rings. The molecule has 1 aromatic heterocycles. The standard InChI is InChI=1S/C19H30N4S.HI/c1-20-18(23-12-9-19(15-23)7-5-8-19)21-14-16(17-6-4-13-24-17)22-10-2-3-11-22;/h4,6,13,16H,2-3,5,7-12,14-15H2,1H3,(H,20,21);1H. The third-order valence-electron chi connectivity index (χ3n) is 6.27. The monoisotopic (exact) mass is 474 g/mol. The molecular formula is C19H31IN4S. The van der Waals surface area contributed by atoms with E-state index in [1.165, 1.54) is 69.6 Å². The van der Waals surface area contributed by atoms with Crippen molar-refractivity contribution < 1.29 is 0 Å². The number of hydrogen-bond donors (Lipinski definition) is 1. The third kappa shape index (κ3) is 4.16. The van der Waals surface area contributed by atoms with Crippen LogP contribution in [0, 0.1) is 5.41 Å². The number of guanidine groups is 1. The van der Waals surface area contributed by atoms with Crippen molar-refractivity contribution in [1.82, 2.24) is 15.1 Å². The first-order valence-corrected chi connectivity index (χ1v) is 10.4. The SMILES string of the molecule is CN=C(NCC(c1cccs1)N1CCCC1)N1CCC2(CCC2)C1.I. The van der Waals surface area contributed by atoms with E-state index in [0.717, 1.165) is 12.5 Å². The zero-order chi connectivity index (χ0) is 16.4. The summed E-state index contributed by atoms with van der Waals surface area (Å²) < 4.78 is 0. The normalized spacial score (nSPS) is 24.2. The average Bonchev–Trinajstić information content (AvgIpc) is 3.32. The molecule has 140 valence electrons. The second-order valence-corrected chi connectivity index (χ2v) is 8.71. The molecule has 2 saturated heterocycles. The lowest BCUT2D eigenvalue weighted by atomic mass is 9.68. The van der Waals surface area contributed by atoms with Gasteiger partial charge in [-0.3, -0.25) is 9.89 Å². The van der Waals surface area contributed by atoms with E-state index in [0.29, 0.717) is 11.5 Å². The Bertz CT molecular complexity index is 564. The minimum Gasteiger partial charge on any atom is -0.354 e. The van der Waals surface area contributed by atoms with Crippen molar-refractivity contribution in [3.63, 3.8) is 0 Å². The first-order chi connectivity index (χ1) is 11.8. The molecule has 1 aromatic rings. The van der Waals surface area contributed by atoms with Crippen LogP contribution >= 0.6 is 35.3 Å². The lowest BCUT2D eigenvalue weighted by Crippen LogP contribution is -2.45. The predicted octanol–water partition coefficient (Wildman–Crippen LogP) is 3.95. The van der Waals surface area contributed by atoms with E-state index in [2.05, 4.69) is 37.6 Å². The molecule has 3 aliphatic rings. The molecule has 1 atom stereocenters. The Labute approximate surface area is 173 Å². The molecule has 1 N–H and O–H groups in total. The number of thiophene rings is 1. The van der Waals surface area contributed by atoms with Crippen molar-refractivity contribution in [1.29, 1.82) is 0 Å². The summed E-state index contributed by atoms with van der Waals surface area (Å²) in [6, 6.07) is 4.96. The molecule has 4 rings (SSSR count). The number of likely N-dealkylation sites (tertiary alicyclic amines) is 2. The van der Waals surface area contributed by atoms with E-state index < -0.39 is 0 Å². The third-order valence-corrected chi connectivity index (χ3v) is 7.24. The van der Waals surface area contributed by atoms with Gasteiger partial charge < -0.3 is 10.2 Å². The van der Waals surface area contributed by atoms with Crippen molar-refractivity contribution >= 4 is 41.3 Å². The average molecular weight is 474 g/mol. The van der Waals surface area contributed by atoms with E-state index in [4.69, 9.17) is 0 Å². The maximum atomic E-state index is 4.59. The van der Waals surface area contributed by atoms with E-state index >= 15 is 0 Å². The van der Waals surface area contributed by atoms with Gasteiger partial charge in [-0.1, -0.05) is 12.5 Å². The number of rotatable bonds is 4.